The van der Waals surface area contributed by atoms with Gasteiger partial charge in [0.25, 0.3) is 5.56 Å². The summed E-state index contributed by atoms with van der Waals surface area (Å²) in [5.74, 6) is -0.269. The molecule has 0 radical (unpaired) electrons. The first-order chi connectivity index (χ1) is 7.99. The number of carbonyl (C=O) groups excluding carboxylic acids is 1. The number of rotatable bonds is 3. The Morgan fingerprint density at radius 1 is 1.71 bits per heavy atom. The highest BCUT2D eigenvalue weighted by Crippen LogP contribution is 2.33. The van der Waals surface area contributed by atoms with Crippen molar-refractivity contribution in [2.75, 3.05) is 5.75 Å². The van der Waals surface area contributed by atoms with Crippen molar-refractivity contribution in [1.82, 2.24) is 9.55 Å². The molecule has 0 spiro atoms. The Balaban J connectivity index is 2.36. The van der Waals surface area contributed by atoms with Crippen LogP contribution in [0.2, 0.25) is 0 Å². The number of fused-ring (bicyclic) bond motifs is 1. The highest BCUT2D eigenvalue weighted by Gasteiger charge is 2.25. The third-order valence-electron chi connectivity index (χ3n) is 2.42. The molecule has 2 rings (SSSR count). The molecule has 1 aromatic rings. The summed E-state index contributed by atoms with van der Waals surface area (Å²) in [7, 11) is 1.67. The lowest BCUT2D eigenvalue weighted by Gasteiger charge is -2.07. The van der Waals surface area contributed by atoms with E-state index in [1.165, 1.54) is 16.3 Å². The van der Waals surface area contributed by atoms with Crippen LogP contribution in [0.3, 0.4) is 0 Å². The van der Waals surface area contributed by atoms with E-state index in [1.807, 2.05) is 0 Å². The van der Waals surface area contributed by atoms with Crippen LogP contribution >= 0.6 is 23.5 Å². The molecule has 1 atom stereocenters. The molecule has 5 nitrogen and oxygen atoms in total. The summed E-state index contributed by atoms with van der Waals surface area (Å²) in [5.41, 5.74) is 5.90. The van der Waals surface area contributed by atoms with E-state index in [2.05, 4.69) is 11.9 Å². The predicted molar refractivity (Wildman–Crippen MR) is 68.4 cm³/mol. The first-order valence-corrected chi connectivity index (χ1v) is 7.03. The van der Waals surface area contributed by atoms with E-state index in [0.717, 1.165) is 17.0 Å². The SMILES string of the molecule is C[C@H]1Cc2nc(SCC(N)=O)n(C)c(=O)c2S1. The van der Waals surface area contributed by atoms with Gasteiger partial charge in [-0.2, -0.15) is 0 Å². The van der Waals surface area contributed by atoms with Gasteiger partial charge in [0, 0.05) is 18.7 Å². The van der Waals surface area contributed by atoms with Crippen LogP contribution in [0.5, 0.6) is 0 Å². The van der Waals surface area contributed by atoms with Gasteiger partial charge in [0.05, 0.1) is 16.3 Å². The topological polar surface area (TPSA) is 78.0 Å². The van der Waals surface area contributed by atoms with Gasteiger partial charge in [-0.15, -0.1) is 11.8 Å². The number of carbonyl (C=O) groups is 1. The van der Waals surface area contributed by atoms with Crippen LogP contribution in [0.25, 0.3) is 0 Å². The quantitative estimate of drug-likeness (QED) is 0.636. The number of nitrogens with zero attached hydrogens (tertiary/aromatic N) is 2. The van der Waals surface area contributed by atoms with Crippen LogP contribution in [-0.2, 0) is 18.3 Å². The van der Waals surface area contributed by atoms with Crippen molar-refractivity contribution >= 4 is 29.4 Å². The molecular formula is C10H13N3O2S2. The van der Waals surface area contributed by atoms with Crippen molar-refractivity contribution in [2.24, 2.45) is 12.8 Å². The molecule has 17 heavy (non-hydrogen) atoms. The zero-order chi connectivity index (χ0) is 12.6. The summed E-state index contributed by atoms with van der Waals surface area (Å²) < 4.78 is 1.48. The second-order valence-corrected chi connectivity index (χ2v) is 6.31. The smallest absolute Gasteiger partial charge is 0.267 e. The molecule has 0 saturated carbocycles. The average Bonchev–Trinajstić information content (AvgIpc) is 2.62. The number of primary amides is 1. The van der Waals surface area contributed by atoms with Gasteiger partial charge in [0.2, 0.25) is 5.91 Å². The maximum Gasteiger partial charge on any atom is 0.267 e. The number of hydrogen-bond acceptors (Lipinski definition) is 5. The van der Waals surface area contributed by atoms with Gasteiger partial charge in [-0.25, -0.2) is 4.98 Å². The number of amides is 1. The Bertz CT molecular complexity index is 527. The first-order valence-electron chi connectivity index (χ1n) is 5.16. The molecular weight excluding hydrogens is 258 g/mol. The van der Waals surface area contributed by atoms with Crippen molar-refractivity contribution in [3.8, 4) is 0 Å². The molecule has 0 aliphatic carbocycles. The fourth-order valence-corrected chi connectivity index (χ4v) is 3.51. The molecule has 0 aromatic carbocycles. The predicted octanol–water partition coefficient (Wildman–Crippen LogP) is 0.394. The van der Waals surface area contributed by atoms with Crippen LogP contribution in [-0.4, -0.2) is 26.5 Å². The number of hydrogen-bond donors (Lipinski definition) is 1. The first kappa shape index (κ1) is 12.5. The van der Waals surface area contributed by atoms with E-state index in [1.54, 1.807) is 18.8 Å². The van der Waals surface area contributed by atoms with Gasteiger partial charge < -0.3 is 5.73 Å². The normalized spacial score (nSPS) is 18.1. The van der Waals surface area contributed by atoms with E-state index in [0.29, 0.717) is 10.4 Å². The fraction of sp³-hybridized carbons (Fsp3) is 0.500. The van der Waals surface area contributed by atoms with Crippen LogP contribution in [0.1, 0.15) is 12.6 Å². The van der Waals surface area contributed by atoms with Gasteiger partial charge in [-0.1, -0.05) is 18.7 Å². The Labute approximate surface area is 107 Å². The van der Waals surface area contributed by atoms with Crippen molar-refractivity contribution in [3.05, 3.63) is 16.0 Å². The van der Waals surface area contributed by atoms with Crippen LogP contribution < -0.4 is 11.3 Å². The van der Waals surface area contributed by atoms with Crippen molar-refractivity contribution in [2.45, 2.75) is 28.6 Å². The third kappa shape index (κ3) is 2.50. The Kier molecular flexibility index (Phi) is 3.48. The van der Waals surface area contributed by atoms with Crippen LogP contribution in [0.15, 0.2) is 14.8 Å². The molecule has 2 N–H and O–H groups in total. The average molecular weight is 271 g/mol. The second kappa shape index (κ2) is 4.73. The van der Waals surface area contributed by atoms with E-state index in [9.17, 15) is 9.59 Å². The molecule has 7 heteroatoms. The van der Waals surface area contributed by atoms with E-state index in [-0.39, 0.29) is 11.3 Å². The van der Waals surface area contributed by atoms with E-state index < -0.39 is 5.91 Å². The van der Waals surface area contributed by atoms with Gasteiger partial charge in [-0.3, -0.25) is 14.2 Å². The van der Waals surface area contributed by atoms with Crippen LogP contribution in [0, 0.1) is 0 Å². The fourth-order valence-electron chi connectivity index (χ4n) is 1.64. The molecule has 0 bridgehead atoms. The zero-order valence-electron chi connectivity index (χ0n) is 9.60. The number of aromatic nitrogens is 2. The van der Waals surface area contributed by atoms with E-state index in [4.69, 9.17) is 5.73 Å². The van der Waals surface area contributed by atoms with Crippen molar-refractivity contribution in [3.63, 3.8) is 0 Å². The molecule has 92 valence electrons. The monoisotopic (exact) mass is 271 g/mol. The standard InChI is InChI=1S/C10H13N3O2S2/c1-5-3-6-8(17-5)9(15)13(2)10(12-6)16-4-7(11)14/h5H,3-4H2,1-2H3,(H2,11,14)/t5-/m0/s1. The minimum Gasteiger partial charge on any atom is -0.369 e. The minimum atomic E-state index is -0.410. The summed E-state index contributed by atoms with van der Waals surface area (Å²) in [6.07, 6.45) is 0.806. The molecule has 0 unspecified atom stereocenters. The van der Waals surface area contributed by atoms with E-state index >= 15 is 0 Å². The van der Waals surface area contributed by atoms with Gasteiger partial charge >= 0.3 is 0 Å². The van der Waals surface area contributed by atoms with Gasteiger partial charge in [-0.05, 0) is 0 Å². The van der Waals surface area contributed by atoms with Gasteiger partial charge in [0.1, 0.15) is 0 Å². The molecule has 2 heterocycles. The largest absolute Gasteiger partial charge is 0.369 e. The summed E-state index contributed by atoms with van der Waals surface area (Å²) in [6, 6.07) is 0. The molecule has 1 aromatic heterocycles. The molecule has 1 amide bonds. The van der Waals surface area contributed by atoms with Gasteiger partial charge in [0.15, 0.2) is 5.16 Å². The maximum absolute atomic E-state index is 12.0. The maximum atomic E-state index is 12.0. The lowest BCUT2D eigenvalue weighted by atomic mass is 10.2. The minimum absolute atomic E-state index is 0.0312. The number of thioether (sulfide) groups is 2. The highest BCUT2D eigenvalue weighted by molar-refractivity contribution is 8.00. The Morgan fingerprint density at radius 3 is 3.06 bits per heavy atom. The molecule has 0 saturated heterocycles. The lowest BCUT2D eigenvalue weighted by molar-refractivity contribution is -0.115. The lowest BCUT2D eigenvalue weighted by Crippen LogP contribution is -2.23. The van der Waals surface area contributed by atoms with Crippen molar-refractivity contribution in [1.29, 1.82) is 0 Å². The van der Waals surface area contributed by atoms with Crippen LogP contribution in [0.4, 0.5) is 0 Å². The van der Waals surface area contributed by atoms with Crippen molar-refractivity contribution < 1.29 is 4.79 Å². The summed E-state index contributed by atoms with van der Waals surface area (Å²) in [4.78, 5) is 28.0. The molecule has 0 fully saturated rings. The third-order valence-corrected chi connectivity index (χ3v) is 4.69. The summed E-state index contributed by atoms with van der Waals surface area (Å²) in [5, 5.41) is 0.948. The Hall–Kier alpha value is -0.950. The second-order valence-electron chi connectivity index (χ2n) is 3.92. The molecule has 1 aliphatic rings. The summed E-state index contributed by atoms with van der Waals surface area (Å²) in [6.45, 7) is 2.07. The Morgan fingerprint density at radius 2 is 2.41 bits per heavy atom. The highest BCUT2D eigenvalue weighted by atomic mass is 32.2. The number of nitrogens with two attached hydrogens (primary N) is 1. The summed E-state index contributed by atoms with van der Waals surface area (Å²) >= 11 is 2.77. The molecule has 1 aliphatic heterocycles. The zero-order valence-corrected chi connectivity index (χ0v) is 11.2.